The molecule has 9 N–H and O–H groups in total. The van der Waals surface area contributed by atoms with E-state index < -0.39 is 159 Å². The van der Waals surface area contributed by atoms with E-state index in [9.17, 15) is 64.0 Å². The summed E-state index contributed by atoms with van der Waals surface area (Å²) in [6.45, 7) is 0.293. The molecule has 0 radical (unpaired) electrons. The first-order chi connectivity index (χ1) is 44.0. The number of ether oxygens (including phenoxy) is 8. The summed E-state index contributed by atoms with van der Waals surface area (Å²) in [5.74, 6) is -3.99. The lowest BCUT2D eigenvalue weighted by Crippen LogP contribution is -2.64. The Kier molecular flexibility index (Phi) is 21.6. The third-order valence-corrected chi connectivity index (χ3v) is 18.1. The minimum atomic E-state index is -1.89. The van der Waals surface area contributed by atoms with Crippen molar-refractivity contribution in [3.63, 3.8) is 0 Å². The topological polar surface area (TPSA) is 364 Å². The third kappa shape index (κ3) is 15.0. The second-order valence-corrected chi connectivity index (χ2v) is 24.2. The molecule has 4 aliphatic heterocycles. The molecule has 20 atom stereocenters. The molecule has 6 aliphatic rings. The highest BCUT2D eigenvalue weighted by molar-refractivity contribution is 5.89. The molecule has 27 nitrogen and oxygen atoms in total. The number of halogens is 2. The van der Waals surface area contributed by atoms with E-state index in [0.717, 1.165) is 43.2 Å². The van der Waals surface area contributed by atoms with Gasteiger partial charge in [-0.05, 0) is 74.9 Å². The number of esters is 1. The maximum absolute atomic E-state index is 14.9. The summed E-state index contributed by atoms with van der Waals surface area (Å²) in [6.07, 6.45) is -18.5. The van der Waals surface area contributed by atoms with E-state index in [4.69, 9.17) is 37.9 Å². The molecule has 494 valence electrons. The van der Waals surface area contributed by atoms with Gasteiger partial charge < -0.3 is 89.0 Å². The lowest BCUT2D eigenvalue weighted by molar-refractivity contribution is -0.348. The van der Waals surface area contributed by atoms with Gasteiger partial charge in [0.2, 0.25) is 5.91 Å². The molecule has 2 aromatic heterocycles. The van der Waals surface area contributed by atoms with Crippen LogP contribution < -0.4 is 5.32 Å². The Morgan fingerprint density at radius 2 is 1.32 bits per heavy atom. The van der Waals surface area contributed by atoms with Gasteiger partial charge in [-0.2, -0.15) is 0 Å². The van der Waals surface area contributed by atoms with Crippen LogP contribution in [0.15, 0.2) is 91.3 Å². The van der Waals surface area contributed by atoms with Gasteiger partial charge in [0.15, 0.2) is 25.0 Å². The number of nitrogens with one attached hydrogen (secondary N) is 1. The largest absolute Gasteiger partial charge is 0.450 e. The standard InChI is InChI=1S/C62H78F2N8O19/c1-32-48(75)52(79)53(80)61(85-32)91-54-42(71-28-40(66-68-71)35-15-8-17-38(63)24-35)26-37(57(81)65-19-22-84-60-51(78)47(49(76)45(30-73)88-60)72-29-41(67-69-72)36-16-9-18-39(64)25-36)27-43(54)87-62-56(90-59(83)34-13-6-3-7-14-34)55(50(77)46(31-74)89-62)86-44(58(82)70-20-10-21-70)23-33-11-4-2-5-12-33/h3,6-9,13-18,24-25,28-29,32-33,37,42-56,60-62,73-80H,2,4-5,10-12,19-23,26-27,30-31H2,1H3,(H,65,81)/t32?,37?,42?,43-,44+,45?,46?,47?,48-,49-,50+,51?,52?,53?,54?,55?,56?,60+,61+,62-/m1/s1. The van der Waals surface area contributed by atoms with Gasteiger partial charge in [0.05, 0.1) is 56.0 Å². The van der Waals surface area contributed by atoms with Gasteiger partial charge in [-0.15, -0.1) is 10.2 Å². The Morgan fingerprint density at radius 3 is 1.97 bits per heavy atom. The van der Waals surface area contributed by atoms with E-state index in [1.165, 1.54) is 72.5 Å². The minimum absolute atomic E-state index is 0.0778. The van der Waals surface area contributed by atoms with Crippen LogP contribution in [0.1, 0.15) is 87.2 Å². The number of aromatic nitrogens is 6. The summed E-state index contributed by atoms with van der Waals surface area (Å²) in [6, 6.07) is 16.5. The highest BCUT2D eigenvalue weighted by Crippen LogP contribution is 2.42. The van der Waals surface area contributed by atoms with Crippen molar-refractivity contribution in [1.82, 2.24) is 40.2 Å². The average molecular weight is 1280 g/mol. The normalized spacial score (nSPS) is 33.4. The maximum Gasteiger partial charge on any atom is 0.338 e. The molecule has 0 bridgehead atoms. The summed E-state index contributed by atoms with van der Waals surface area (Å²) in [4.78, 5) is 45.3. The van der Waals surface area contributed by atoms with Crippen LogP contribution in [0.2, 0.25) is 0 Å². The molecule has 6 fully saturated rings. The number of hydrogen-bond donors (Lipinski definition) is 9. The zero-order valence-corrected chi connectivity index (χ0v) is 49.8. The van der Waals surface area contributed by atoms with Crippen LogP contribution in [0.25, 0.3) is 22.5 Å². The summed E-state index contributed by atoms with van der Waals surface area (Å²) in [7, 11) is 0. The fourth-order valence-electron chi connectivity index (χ4n) is 12.9. The number of carbonyl (C=O) groups excluding carboxylic acids is 3. The quantitative estimate of drug-likeness (QED) is 0.0346. The molecular weight excluding hydrogens is 1200 g/mol. The number of aliphatic hydroxyl groups is 8. The highest BCUT2D eigenvalue weighted by atomic mass is 19.1. The molecule has 12 unspecified atom stereocenters. The van der Waals surface area contributed by atoms with E-state index in [-0.39, 0.29) is 61.2 Å². The summed E-state index contributed by atoms with van der Waals surface area (Å²) < 4.78 is 82.3. The predicted octanol–water partition coefficient (Wildman–Crippen LogP) is 1.10. The molecule has 6 heterocycles. The van der Waals surface area contributed by atoms with Gasteiger partial charge >= 0.3 is 5.97 Å². The molecule has 2 aliphatic carbocycles. The molecule has 2 saturated carbocycles. The van der Waals surface area contributed by atoms with Crippen molar-refractivity contribution in [2.75, 3.05) is 39.5 Å². The van der Waals surface area contributed by atoms with Gasteiger partial charge in [0, 0.05) is 36.7 Å². The second-order valence-electron chi connectivity index (χ2n) is 24.2. The first-order valence-electron chi connectivity index (χ1n) is 31.0. The second kappa shape index (κ2) is 29.7. The van der Waals surface area contributed by atoms with Crippen molar-refractivity contribution >= 4 is 17.8 Å². The monoisotopic (exact) mass is 1280 g/mol. The Labute approximate surface area is 521 Å². The van der Waals surface area contributed by atoms with E-state index in [1.54, 1.807) is 35.2 Å². The molecule has 2 amide bonds. The van der Waals surface area contributed by atoms with Crippen molar-refractivity contribution in [2.45, 2.75) is 181 Å². The van der Waals surface area contributed by atoms with Crippen molar-refractivity contribution in [3.05, 3.63) is 108 Å². The summed E-state index contributed by atoms with van der Waals surface area (Å²) in [5.41, 5.74) is 1.17. The maximum atomic E-state index is 14.9. The molecule has 29 heteroatoms. The van der Waals surface area contributed by atoms with Gasteiger partial charge in [-0.1, -0.05) is 85.0 Å². The number of nitrogens with zero attached hydrogens (tertiary/aromatic N) is 7. The predicted molar refractivity (Wildman–Crippen MR) is 309 cm³/mol. The number of likely N-dealkylation sites (tertiary alicyclic amines) is 1. The fourth-order valence-corrected chi connectivity index (χ4v) is 12.9. The number of amides is 2. The third-order valence-electron chi connectivity index (χ3n) is 18.1. The van der Waals surface area contributed by atoms with Crippen LogP contribution in [0, 0.1) is 23.5 Å². The minimum Gasteiger partial charge on any atom is -0.450 e. The zero-order chi connectivity index (χ0) is 64.0. The van der Waals surface area contributed by atoms with Crippen LogP contribution in [-0.4, -0.2) is 237 Å². The van der Waals surface area contributed by atoms with Crippen molar-refractivity contribution in [3.8, 4) is 22.5 Å². The first kappa shape index (κ1) is 66.1. The Balaban J connectivity index is 0.911. The van der Waals surface area contributed by atoms with Crippen LogP contribution >= 0.6 is 0 Å². The Morgan fingerprint density at radius 1 is 0.670 bits per heavy atom. The van der Waals surface area contributed by atoms with Crippen LogP contribution in [0.4, 0.5) is 8.78 Å². The smallest absolute Gasteiger partial charge is 0.338 e. The molecule has 5 aromatic rings. The zero-order valence-electron chi connectivity index (χ0n) is 49.8. The first-order valence-corrected chi connectivity index (χ1v) is 31.0. The van der Waals surface area contributed by atoms with E-state index in [0.29, 0.717) is 24.2 Å². The Hall–Kier alpha value is -6.39. The number of aliphatic hydroxyl groups excluding tert-OH is 8. The lowest BCUT2D eigenvalue weighted by Gasteiger charge is -2.49. The molecule has 91 heavy (non-hydrogen) atoms. The van der Waals surface area contributed by atoms with Gasteiger partial charge in [0.25, 0.3) is 5.91 Å². The number of carbonyl (C=O) groups is 3. The molecule has 4 saturated heterocycles. The van der Waals surface area contributed by atoms with E-state index in [1.807, 2.05) is 0 Å². The average Bonchev–Trinajstić information content (AvgIpc) is 1.71. The number of benzene rings is 3. The van der Waals surface area contributed by atoms with Crippen LogP contribution in [-0.2, 0) is 47.5 Å². The van der Waals surface area contributed by atoms with Crippen LogP contribution in [0.5, 0.6) is 0 Å². The Bertz CT molecular complexity index is 3220. The number of rotatable bonds is 22. The van der Waals surface area contributed by atoms with Crippen molar-refractivity contribution in [2.24, 2.45) is 11.8 Å². The number of hydrogen-bond acceptors (Lipinski definition) is 23. The molecule has 11 rings (SSSR count). The van der Waals surface area contributed by atoms with E-state index >= 15 is 0 Å². The highest BCUT2D eigenvalue weighted by Gasteiger charge is 2.55. The van der Waals surface area contributed by atoms with E-state index in [2.05, 4.69) is 25.9 Å². The van der Waals surface area contributed by atoms with Crippen molar-refractivity contribution < 1.29 is 102 Å². The van der Waals surface area contributed by atoms with Crippen molar-refractivity contribution in [1.29, 1.82) is 0 Å². The van der Waals surface area contributed by atoms with Gasteiger partial charge in [0.1, 0.15) is 96.2 Å². The fraction of sp³-hybridized carbons (Fsp3) is 0.597. The summed E-state index contributed by atoms with van der Waals surface area (Å²) >= 11 is 0. The molecule has 0 spiro atoms. The van der Waals surface area contributed by atoms with Gasteiger partial charge in [-0.3, -0.25) is 9.59 Å². The molecular formula is C62H78F2N8O19. The SMILES string of the molecule is CC1O[C@@H](OC2C(n3cc(-c4cccc(F)c4)nn3)CC(C(=O)NCCO[C@H]3OC(CO)[C@@H](O)C(n4cc(-c5cccc(F)c5)nn4)C3O)C[C@H]2O[C@@H]2OC(CO)[C@H](O)C(O[C@@H](CC3CCCCC3)C(=O)N3CCC3)C2OC(=O)c2ccccc2)C(O)C(O)[C@@H]1O. The molecule has 3 aromatic carbocycles. The summed E-state index contributed by atoms with van der Waals surface area (Å²) in [5, 5.41) is 110. The van der Waals surface area contributed by atoms with Gasteiger partial charge in [-0.25, -0.2) is 22.9 Å². The lowest BCUT2D eigenvalue weighted by atomic mass is 9.80. The van der Waals surface area contributed by atoms with Crippen LogP contribution in [0.3, 0.4) is 0 Å².